The minimum Gasteiger partial charge on any atom is -0.383 e. The van der Waals surface area contributed by atoms with Crippen LogP contribution in [0.15, 0.2) is 18.2 Å². The van der Waals surface area contributed by atoms with Crippen LogP contribution in [0.3, 0.4) is 0 Å². The van der Waals surface area contributed by atoms with Crippen molar-refractivity contribution < 1.29 is 13.2 Å². The van der Waals surface area contributed by atoms with Gasteiger partial charge in [-0.1, -0.05) is 12.8 Å². The summed E-state index contributed by atoms with van der Waals surface area (Å²) in [5.74, 6) is 0. The van der Waals surface area contributed by atoms with Crippen molar-refractivity contribution >= 4 is 11.4 Å². The number of rotatable bonds is 0. The second-order valence-electron chi connectivity index (χ2n) is 6.15. The molecule has 1 N–H and O–H groups in total. The lowest BCUT2D eigenvalue weighted by molar-refractivity contribution is -0.137. The maximum Gasteiger partial charge on any atom is 0.416 e. The molecule has 1 aliphatic carbocycles. The summed E-state index contributed by atoms with van der Waals surface area (Å²) in [7, 11) is 1.97. The second-order valence-corrected chi connectivity index (χ2v) is 6.15. The van der Waals surface area contributed by atoms with Crippen molar-refractivity contribution in [2.45, 2.75) is 31.9 Å². The van der Waals surface area contributed by atoms with Gasteiger partial charge >= 0.3 is 6.18 Å². The highest BCUT2D eigenvalue weighted by atomic mass is 19.4. The zero-order valence-electron chi connectivity index (χ0n) is 11.6. The van der Waals surface area contributed by atoms with E-state index in [4.69, 9.17) is 0 Å². The summed E-state index contributed by atoms with van der Waals surface area (Å²) in [5, 5.41) is 3.26. The van der Waals surface area contributed by atoms with Crippen molar-refractivity contribution in [3.05, 3.63) is 23.8 Å². The van der Waals surface area contributed by atoms with Gasteiger partial charge in [-0.2, -0.15) is 13.2 Å². The van der Waals surface area contributed by atoms with Gasteiger partial charge in [0.2, 0.25) is 0 Å². The number of anilines is 2. The SMILES string of the molecule is CN1CC2(CCCC2)CNc2cc(C(F)(F)F)ccc21. The Morgan fingerprint density at radius 2 is 1.90 bits per heavy atom. The fourth-order valence-corrected chi connectivity index (χ4v) is 3.57. The molecule has 0 aromatic heterocycles. The van der Waals surface area contributed by atoms with Crippen molar-refractivity contribution in [1.29, 1.82) is 0 Å². The van der Waals surface area contributed by atoms with E-state index < -0.39 is 11.7 Å². The Hall–Kier alpha value is -1.39. The average molecular weight is 284 g/mol. The van der Waals surface area contributed by atoms with Crippen LogP contribution in [-0.2, 0) is 6.18 Å². The van der Waals surface area contributed by atoms with Crippen LogP contribution in [-0.4, -0.2) is 20.1 Å². The van der Waals surface area contributed by atoms with Gasteiger partial charge in [0.05, 0.1) is 16.9 Å². The van der Waals surface area contributed by atoms with Crippen molar-refractivity contribution in [2.75, 3.05) is 30.4 Å². The van der Waals surface area contributed by atoms with E-state index in [1.165, 1.54) is 25.0 Å². The van der Waals surface area contributed by atoms with Crippen LogP contribution in [0.2, 0.25) is 0 Å². The molecule has 3 rings (SSSR count). The van der Waals surface area contributed by atoms with Gasteiger partial charge in [-0.15, -0.1) is 0 Å². The van der Waals surface area contributed by atoms with Crippen LogP contribution in [0, 0.1) is 5.41 Å². The number of hydrogen-bond acceptors (Lipinski definition) is 2. The highest BCUT2D eigenvalue weighted by Crippen LogP contribution is 2.44. The summed E-state index contributed by atoms with van der Waals surface area (Å²) < 4.78 is 38.4. The fraction of sp³-hybridized carbons (Fsp3) is 0.600. The van der Waals surface area contributed by atoms with Crippen molar-refractivity contribution in [3.8, 4) is 0 Å². The minimum absolute atomic E-state index is 0.214. The topological polar surface area (TPSA) is 15.3 Å². The van der Waals surface area contributed by atoms with E-state index in [1.807, 2.05) is 7.05 Å². The van der Waals surface area contributed by atoms with Gasteiger partial charge in [0.15, 0.2) is 0 Å². The van der Waals surface area contributed by atoms with Gasteiger partial charge in [-0.3, -0.25) is 0 Å². The van der Waals surface area contributed by atoms with Crippen molar-refractivity contribution in [1.82, 2.24) is 0 Å². The third-order valence-corrected chi connectivity index (χ3v) is 4.63. The molecular weight excluding hydrogens is 265 g/mol. The summed E-state index contributed by atoms with van der Waals surface area (Å²) >= 11 is 0. The Morgan fingerprint density at radius 1 is 1.20 bits per heavy atom. The lowest BCUT2D eigenvalue weighted by Crippen LogP contribution is -2.36. The highest BCUT2D eigenvalue weighted by Gasteiger charge is 2.38. The van der Waals surface area contributed by atoms with Gasteiger partial charge < -0.3 is 10.2 Å². The fourth-order valence-electron chi connectivity index (χ4n) is 3.57. The first-order valence-corrected chi connectivity index (χ1v) is 7.06. The normalized spacial score (nSPS) is 21.5. The predicted molar refractivity (Wildman–Crippen MR) is 74.1 cm³/mol. The second kappa shape index (κ2) is 4.57. The van der Waals surface area contributed by atoms with Crippen LogP contribution in [0.1, 0.15) is 31.2 Å². The van der Waals surface area contributed by atoms with E-state index in [9.17, 15) is 13.2 Å². The number of hydrogen-bond donors (Lipinski definition) is 1. The van der Waals surface area contributed by atoms with Crippen LogP contribution in [0.5, 0.6) is 0 Å². The largest absolute Gasteiger partial charge is 0.416 e. The molecule has 1 aromatic rings. The summed E-state index contributed by atoms with van der Waals surface area (Å²) in [5.41, 5.74) is 1.10. The van der Waals surface area contributed by atoms with E-state index in [2.05, 4.69) is 10.2 Å². The standard InChI is InChI=1S/C15H19F3N2/c1-20-10-14(6-2-3-7-14)9-19-12-8-11(15(16,17)18)4-5-13(12)20/h4-5,8,19H,2-3,6-7,9-10H2,1H3. The third-order valence-electron chi connectivity index (χ3n) is 4.63. The van der Waals surface area contributed by atoms with Gasteiger partial charge in [0.1, 0.15) is 0 Å². The Balaban J connectivity index is 1.93. The van der Waals surface area contributed by atoms with Gasteiger partial charge in [0.25, 0.3) is 0 Å². The predicted octanol–water partition coefficient (Wildman–Crippen LogP) is 4.13. The van der Waals surface area contributed by atoms with E-state index in [0.717, 1.165) is 31.6 Å². The molecule has 2 aliphatic rings. The first-order valence-electron chi connectivity index (χ1n) is 7.06. The first kappa shape index (κ1) is 13.6. The van der Waals surface area contributed by atoms with Crippen LogP contribution in [0.25, 0.3) is 0 Å². The molecule has 1 heterocycles. The monoisotopic (exact) mass is 284 g/mol. The van der Waals surface area contributed by atoms with Gasteiger partial charge in [-0.05, 0) is 31.0 Å². The summed E-state index contributed by atoms with van der Waals surface area (Å²) in [6.07, 6.45) is 0.473. The van der Waals surface area contributed by atoms with Crippen molar-refractivity contribution in [3.63, 3.8) is 0 Å². The molecule has 20 heavy (non-hydrogen) atoms. The first-order chi connectivity index (χ1) is 9.40. The van der Waals surface area contributed by atoms with Crippen molar-refractivity contribution in [2.24, 2.45) is 5.41 Å². The van der Waals surface area contributed by atoms with Gasteiger partial charge in [-0.25, -0.2) is 0 Å². The molecule has 5 heteroatoms. The number of halogens is 3. The maximum atomic E-state index is 12.8. The molecule has 1 spiro atoms. The van der Waals surface area contributed by atoms with E-state index in [1.54, 1.807) is 6.07 Å². The summed E-state index contributed by atoms with van der Waals surface area (Å²) in [6.45, 7) is 1.68. The highest BCUT2D eigenvalue weighted by molar-refractivity contribution is 5.72. The number of benzene rings is 1. The Bertz CT molecular complexity index is 504. The minimum atomic E-state index is -4.29. The Morgan fingerprint density at radius 3 is 2.55 bits per heavy atom. The molecular formula is C15H19F3N2. The molecule has 0 radical (unpaired) electrons. The lowest BCUT2D eigenvalue weighted by atomic mass is 9.86. The van der Waals surface area contributed by atoms with E-state index in [-0.39, 0.29) is 5.41 Å². The molecule has 0 atom stereocenters. The van der Waals surface area contributed by atoms with E-state index >= 15 is 0 Å². The molecule has 1 saturated carbocycles. The summed E-state index contributed by atoms with van der Waals surface area (Å²) in [4.78, 5) is 2.10. The van der Waals surface area contributed by atoms with Crippen LogP contribution in [0.4, 0.5) is 24.5 Å². The third kappa shape index (κ3) is 2.34. The van der Waals surface area contributed by atoms with Crippen LogP contribution >= 0.6 is 0 Å². The Labute approximate surface area is 117 Å². The molecule has 0 saturated heterocycles. The number of alkyl halides is 3. The zero-order valence-corrected chi connectivity index (χ0v) is 11.6. The molecule has 1 aromatic carbocycles. The zero-order chi connectivity index (χ0) is 14.4. The smallest absolute Gasteiger partial charge is 0.383 e. The molecule has 1 fully saturated rings. The molecule has 110 valence electrons. The quantitative estimate of drug-likeness (QED) is 0.770. The van der Waals surface area contributed by atoms with Crippen LogP contribution < -0.4 is 10.2 Å². The Kier molecular flexibility index (Phi) is 3.10. The molecule has 0 amide bonds. The number of fused-ring (bicyclic) bond motifs is 1. The molecule has 1 aliphatic heterocycles. The maximum absolute atomic E-state index is 12.8. The van der Waals surface area contributed by atoms with E-state index in [0.29, 0.717) is 5.69 Å². The molecule has 0 bridgehead atoms. The molecule has 0 unspecified atom stereocenters. The average Bonchev–Trinajstić information content (AvgIpc) is 2.78. The number of nitrogens with one attached hydrogen (secondary N) is 1. The summed E-state index contributed by atoms with van der Waals surface area (Å²) in [6, 6.07) is 3.99. The van der Waals surface area contributed by atoms with Gasteiger partial charge in [0, 0.05) is 25.6 Å². The number of nitrogens with zero attached hydrogens (tertiary/aromatic N) is 1. The lowest BCUT2D eigenvalue weighted by Gasteiger charge is -2.31. The molecule has 2 nitrogen and oxygen atoms in total.